The van der Waals surface area contributed by atoms with Crippen molar-refractivity contribution in [2.24, 2.45) is 12.9 Å². The molecule has 4 nitrogen and oxygen atoms in total. The second kappa shape index (κ2) is 4.50. The zero-order chi connectivity index (χ0) is 11.6. The molecular formula is C7H10BrF3N4. The second-order valence-electron chi connectivity index (χ2n) is 3.04. The molecule has 1 aromatic rings. The Morgan fingerprint density at radius 3 is 2.60 bits per heavy atom. The van der Waals surface area contributed by atoms with Crippen LogP contribution in [0.5, 0.6) is 0 Å². The molecule has 8 heteroatoms. The van der Waals surface area contributed by atoms with Gasteiger partial charge in [-0.25, -0.2) is 0 Å². The fraction of sp³-hybridized carbons (Fsp3) is 0.571. The summed E-state index contributed by atoms with van der Waals surface area (Å²) in [7, 11) is 1.56. The molecule has 3 N–H and O–H groups in total. The Morgan fingerprint density at radius 1 is 1.67 bits per heavy atom. The number of nitrogens with two attached hydrogens (primary N) is 1. The van der Waals surface area contributed by atoms with Gasteiger partial charge in [-0.1, -0.05) is 0 Å². The van der Waals surface area contributed by atoms with Gasteiger partial charge in [0.1, 0.15) is 0 Å². The van der Waals surface area contributed by atoms with Crippen molar-refractivity contribution in [1.29, 1.82) is 0 Å². The van der Waals surface area contributed by atoms with Crippen molar-refractivity contribution in [3.05, 3.63) is 16.4 Å². The Balaban J connectivity index is 2.93. The molecule has 15 heavy (non-hydrogen) atoms. The van der Waals surface area contributed by atoms with E-state index in [0.29, 0.717) is 10.2 Å². The SMILES string of the molecule is Cn1ncc(Br)c1C(CC(F)(F)F)NN. The molecule has 0 aliphatic heterocycles. The number of nitrogens with one attached hydrogen (secondary N) is 1. The van der Waals surface area contributed by atoms with Gasteiger partial charge in [0.15, 0.2) is 0 Å². The second-order valence-corrected chi connectivity index (χ2v) is 3.89. The summed E-state index contributed by atoms with van der Waals surface area (Å²) < 4.78 is 38.5. The van der Waals surface area contributed by atoms with E-state index in [-0.39, 0.29) is 0 Å². The molecule has 0 amide bonds. The zero-order valence-electron chi connectivity index (χ0n) is 7.85. The lowest BCUT2D eigenvalue weighted by atomic mass is 10.1. The van der Waals surface area contributed by atoms with Crippen LogP contribution in [0.3, 0.4) is 0 Å². The lowest BCUT2D eigenvalue weighted by molar-refractivity contribution is -0.140. The Morgan fingerprint density at radius 2 is 2.27 bits per heavy atom. The van der Waals surface area contributed by atoms with Crippen LogP contribution < -0.4 is 11.3 Å². The molecule has 1 atom stereocenters. The average Bonchev–Trinajstić information content (AvgIpc) is 2.41. The summed E-state index contributed by atoms with van der Waals surface area (Å²) in [5.74, 6) is 5.10. The molecular weight excluding hydrogens is 277 g/mol. The minimum atomic E-state index is -4.28. The topological polar surface area (TPSA) is 55.9 Å². The van der Waals surface area contributed by atoms with Crippen molar-refractivity contribution in [2.45, 2.75) is 18.6 Å². The summed E-state index contributed by atoms with van der Waals surface area (Å²) in [6.45, 7) is 0. The van der Waals surface area contributed by atoms with E-state index in [9.17, 15) is 13.2 Å². The first-order valence-corrected chi connectivity index (χ1v) is 4.84. The quantitative estimate of drug-likeness (QED) is 0.656. The molecule has 1 heterocycles. The first-order valence-electron chi connectivity index (χ1n) is 4.05. The molecule has 0 fully saturated rings. The van der Waals surface area contributed by atoms with E-state index in [1.165, 1.54) is 10.9 Å². The summed E-state index contributed by atoms with van der Waals surface area (Å²) in [4.78, 5) is 0. The van der Waals surface area contributed by atoms with Crippen molar-refractivity contribution in [3.8, 4) is 0 Å². The van der Waals surface area contributed by atoms with Gasteiger partial charge in [-0.3, -0.25) is 16.0 Å². The molecule has 0 saturated heterocycles. The molecule has 0 saturated carbocycles. The van der Waals surface area contributed by atoms with Gasteiger partial charge in [-0.15, -0.1) is 0 Å². The predicted molar refractivity (Wildman–Crippen MR) is 51.6 cm³/mol. The van der Waals surface area contributed by atoms with Gasteiger partial charge in [0.25, 0.3) is 0 Å². The maximum atomic E-state index is 12.2. The number of alkyl halides is 3. The Kier molecular flexibility index (Phi) is 3.74. The fourth-order valence-electron chi connectivity index (χ4n) is 1.28. The molecule has 0 aliphatic rings. The van der Waals surface area contributed by atoms with Gasteiger partial charge in [0, 0.05) is 7.05 Å². The van der Waals surface area contributed by atoms with Crippen molar-refractivity contribution < 1.29 is 13.2 Å². The summed E-state index contributed by atoms with van der Waals surface area (Å²) in [6, 6.07) is -1.01. The molecule has 0 aromatic carbocycles. The molecule has 0 radical (unpaired) electrons. The molecule has 0 spiro atoms. The van der Waals surface area contributed by atoms with Gasteiger partial charge < -0.3 is 0 Å². The van der Waals surface area contributed by atoms with Crippen LogP contribution in [0.4, 0.5) is 13.2 Å². The van der Waals surface area contributed by atoms with E-state index in [2.05, 4.69) is 26.5 Å². The van der Waals surface area contributed by atoms with Crippen LogP contribution in [0.2, 0.25) is 0 Å². The Labute approximate surface area is 92.7 Å². The molecule has 0 bridgehead atoms. The maximum absolute atomic E-state index is 12.2. The fourth-order valence-corrected chi connectivity index (χ4v) is 1.90. The van der Waals surface area contributed by atoms with Crippen molar-refractivity contribution >= 4 is 15.9 Å². The predicted octanol–water partition coefficient (Wildman–Crippen LogP) is 1.64. The van der Waals surface area contributed by atoms with Crippen molar-refractivity contribution in [2.75, 3.05) is 0 Å². The number of aryl methyl sites for hydroxylation is 1. The van der Waals surface area contributed by atoms with E-state index in [1.54, 1.807) is 7.05 Å². The lowest BCUT2D eigenvalue weighted by Crippen LogP contribution is -2.33. The molecule has 1 aromatic heterocycles. The lowest BCUT2D eigenvalue weighted by Gasteiger charge is -2.18. The van der Waals surface area contributed by atoms with Crippen LogP contribution in [0.15, 0.2) is 10.7 Å². The van der Waals surface area contributed by atoms with E-state index in [1.807, 2.05) is 0 Å². The maximum Gasteiger partial charge on any atom is 0.391 e. The van der Waals surface area contributed by atoms with Crippen LogP contribution in [0, 0.1) is 0 Å². The first-order chi connectivity index (χ1) is 6.85. The van der Waals surface area contributed by atoms with Gasteiger partial charge in [-0.2, -0.15) is 18.3 Å². The monoisotopic (exact) mass is 286 g/mol. The smallest absolute Gasteiger partial charge is 0.271 e. The number of hydrogen-bond donors (Lipinski definition) is 2. The molecule has 86 valence electrons. The van der Waals surface area contributed by atoms with Crippen LogP contribution in [-0.2, 0) is 7.05 Å². The molecule has 1 unspecified atom stereocenters. The zero-order valence-corrected chi connectivity index (χ0v) is 9.43. The highest BCUT2D eigenvalue weighted by Crippen LogP contribution is 2.31. The number of aromatic nitrogens is 2. The summed E-state index contributed by atoms with van der Waals surface area (Å²) in [5.41, 5.74) is 2.50. The number of halogens is 4. The molecule has 0 aliphatic carbocycles. The van der Waals surface area contributed by atoms with Crippen LogP contribution in [-0.4, -0.2) is 16.0 Å². The van der Waals surface area contributed by atoms with E-state index >= 15 is 0 Å². The first kappa shape index (κ1) is 12.5. The van der Waals surface area contributed by atoms with Crippen molar-refractivity contribution in [1.82, 2.24) is 15.2 Å². The van der Waals surface area contributed by atoms with Crippen LogP contribution >= 0.6 is 15.9 Å². The largest absolute Gasteiger partial charge is 0.391 e. The van der Waals surface area contributed by atoms with E-state index < -0.39 is 18.6 Å². The highest BCUT2D eigenvalue weighted by Gasteiger charge is 2.34. The van der Waals surface area contributed by atoms with Gasteiger partial charge in [0.05, 0.1) is 28.8 Å². The Hall–Kier alpha value is -0.600. The van der Waals surface area contributed by atoms with Crippen LogP contribution in [0.25, 0.3) is 0 Å². The normalized spacial score (nSPS) is 14.3. The van der Waals surface area contributed by atoms with E-state index in [0.717, 1.165) is 0 Å². The highest BCUT2D eigenvalue weighted by atomic mass is 79.9. The van der Waals surface area contributed by atoms with Crippen LogP contribution in [0.1, 0.15) is 18.2 Å². The van der Waals surface area contributed by atoms with Gasteiger partial charge in [0.2, 0.25) is 0 Å². The number of hydrazine groups is 1. The van der Waals surface area contributed by atoms with Gasteiger partial charge >= 0.3 is 6.18 Å². The minimum Gasteiger partial charge on any atom is -0.271 e. The van der Waals surface area contributed by atoms with Gasteiger partial charge in [-0.05, 0) is 15.9 Å². The standard InChI is InChI=1S/C7H10BrF3N4/c1-15-6(4(8)3-13-15)5(14-12)2-7(9,10)11/h3,5,14H,2,12H2,1H3. The number of nitrogens with zero attached hydrogens (tertiary/aromatic N) is 2. The number of rotatable bonds is 3. The summed E-state index contributed by atoms with van der Waals surface area (Å²) in [5, 5.41) is 3.82. The third-order valence-corrected chi connectivity index (χ3v) is 2.52. The Bertz CT molecular complexity index is 316. The van der Waals surface area contributed by atoms with Crippen molar-refractivity contribution in [3.63, 3.8) is 0 Å². The summed E-state index contributed by atoms with van der Waals surface area (Å²) >= 11 is 3.12. The third kappa shape index (κ3) is 3.18. The highest BCUT2D eigenvalue weighted by molar-refractivity contribution is 9.10. The third-order valence-electron chi connectivity index (χ3n) is 1.90. The summed E-state index contributed by atoms with van der Waals surface area (Å²) in [6.07, 6.45) is -3.89. The van der Waals surface area contributed by atoms with E-state index in [4.69, 9.17) is 5.84 Å². The minimum absolute atomic E-state index is 0.370. The number of hydrogen-bond acceptors (Lipinski definition) is 3. The molecule has 1 rings (SSSR count). The average molecular weight is 287 g/mol.